The van der Waals surface area contributed by atoms with E-state index in [-0.39, 0.29) is 0 Å². The molecule has 0 atom stereocenters. The molecule has 0 saturated carbocycles. The van der Waals surface area contributed by atoms with Crippen molar-refractivity contribution in [2.45, 2.75) is 26.8 Å². The van der Waals surface area contributed by atoms with E-state index in [2.05, 4.69) is 54.6 Å². The number of likely N-dealkylation sites (N-methyl/N-ethyl adjacent to an activating group) is 1. The number of rotatable bonds is 1. The fourth-order valence-corrected chi connectivity index (χ4v) is 4.36. The molecule has 2 aromatic carbocycles. The number of furan rings is 1. The van der Waals surface area contributed by atoms with Crippen LogP contribution >= 0.6 is 0 Å². The molecule has 0 bridgehead atoms. The molecule has 1 aliphatic heterocycles. The van der Waals surface area contributed by atoms with Crippen molar-refractivity contribution in [1.29, 1.82) is 0 Å². The Labute approximate surface area is 152 Å². The lowest BCUT2D eigenvalue weighted by Gasteiger charge is -2.24. The van der Waals surface area contributed by atoms with Crippen LogP contribution in [0.1, 0.15) is 22.6 Å². The summed E-state index contributed by atoms with van der Waals surface area (Å²) in [5.41, 5.74) is 14.2. The minimum atomic E-state index is 0.794. The first-order chi connectivity index (χ1) is 12.5. The highest BCUT2D eigenvalue weighted by Crippen LogP contribution is 2.40. The predicted molar refractivity (Wildman–Crippen MR) is 107 cm³/mol. The van der Waals surface area contributed by atoms with Gasteiger partial charge in [-0.1, -0.05) is 0 Å². The molecule has 2 aromatic heterocycles. The van der Waals surface area contributed by atoms with Crippen LogP contribution in [-0.2, 0) is 13.0 Å². The van der Waals surface area contributed by atoms with Crippen LogP contribution in [0.15, 0.2) is 40.8 Å². The Balaban J connectivity index is 1.94. The van der Waals surface area contributed by atoms with Gasteiger partial charge in [-0.3, -0.25) is 0 Å². The maximum absolute atomic E-state index is 6.02. The van der Waals surface area contributed by atoms with Crippen molar-refractivity contribution in [3.8, 4) is 5.69 Å². The number of aryl methyl sites for hydroxylation is 2. The molecule has 4 nitrogen and oxygen atoms in total. The van der Waals surface area contributed by atoms with Crippen molar-refractivity contribution in [1.82, 2.24) is 9.47 Å². The second kappa shape index (κ2) is 5.39. The minimum absolute atomic E-state index is 0.794. The predicted octanol–water partition coefficient (Wildman–Crippen LogP) is 4.56. The van der Waals surface area contributed by atoms with Crippen molar-refractivity contribution < 1.29 is 4.42 Å². The van der Waals surface area contributed by atoms with Gasteiger partial charge >= 0.3 is 0 Å². The fourth-order valence-electron chi connectivity index (χ4n) is 4.36. The topological polar surface area (TPSA) is 47.3 Å². The Bertz CT molecular complexity index is 1150. The van der Waals surface area contributed by atoms with Gasteiger partial charge in [-0.15, -0.1) is 0 Å². The van der Waals surface area contributed by atoms with E-state index in [9.17, 15) is 0 Å². The molecule has 3 heterocycles. The molecular formula is C22H23N3O. The lowest BCUT2D eigenvalue weighted by Crippen LogP contribution is -2.27. The lowest BCUT2D eigenvalue weighted by molar-refractivity contribution is 0.311. The molecule has 4 aromatic rings. The third kappa shape index (κ3) is 2.05. The normalized spacial score (nSPS) is 15.0. The minimum Gasteiger partial charge on any atom is -0.461 e. The molecule has 0 saturated heterocycles. The van der Waals surface area contributed by atoms with Gasteiger partial charge in [0.15, 0.2) is 0 Å². The summed E-state index contributed by atoms with van der Waals surface area (Å²) in [5.74, 6) is 1.01. The van der Waals surface area contributed by atoms with Crippen molar-refractivity contribution >= 4 is 27.6 Å². The van der Waals surface area contributed by atoms with Gasteiger partial charge in [0.05, 0.1) is 5.52 Å². The molecule has 26 heavy (non-hydrogen) atoms. The van der Waals surface area contributed by atoms with Crippen molar-refractivity contribution in [2.75, 3.05) is 19.3 Å². The number of nitrogen functional groups attached to an aromatic ring is 1. The molecule has 5 rings (SSSR count). The van der Waals surface area contributed by atoms with Gasteiger partial charge in [0.25, 0.3) is 0 Å². The lowest BCUT2D eigenvalue weighted by atomic mass is 10.0. The van der Waals surface area contributed by atoms with E-state index >= 15 is 0 Å². The van der Waals surface area contributed by atoms with Crippen molar-refractivity contribution in [3.05, 3.63) is 59.0 Å². The van der Waals surface area contributed by atoms with E-state index in [0.717, 1.165) is 36.5 Å². The molecule has 2 N–H and O–H groups in total. The van der Waals surface area contributed by atoms with Crippen LogP contribution in [0.4, 0.5) is 5.69 Å². The summed E-state index contributed by atoms with van der Waals surface area (Å²) in [6, 6.07) is 12.5. The molecule has 4 heteroatoms. The van der Waals surface area contributed by atoms with Gasteiger partial charge in [-0.2, -0.15) is 0 Å². The third-order valence-electron chi connectivity index (χ3n) is 5.78. The Morgan fingerprint density at radius 2 is 1.77 bits per heavy atom. The first-order valence-electron chi connectivity index (χ1n) is 9.14. The van der Waals surface area contributed by atoms with Crippen LogP contribution in [0.25, 0.3) is 27.6 Å². The average Bonchev–Trinajstić information content (AvgIpc) is 3.10. The second-order valence-electron chi connectivity index (χ2n) is 7.46. The Morgan fingerprint density at radius 3 is 2.54 bits per heavy atom. The van der Waals surface area contributed by atoms with Crippen LogP contribution in [0.2, 0.25) is 0 Å². The molecule has 0 amide bonds. The van der Waals surface area contributed by atoms with Gasteiger partial charge in [0.2, 0.25) is 0 Å². The van der Waals surface area contributed by atoms with Gasteiger partial charge in [0, 0.05) is 47.4 Å². The quantitative estimate of drug-likeness (QED) is 0.514. The number of nitrogens with two attached hydrogens (primary N) is 1. The summed E-state index contributed by atoms with van der Waals surface area (Å²) in [7, 11) is 2.20. The summed E-state index contributed by atoms with van der Waals surface area (Å²) in [6.07, 6.45) is 1.04. The summed E-state index contributed by atoms with van der Waals surface area (Å²) < 4.78 is 8.43. The number of aromatic nitrogens is 1. The second-order valence-corrected chi connectivity index (χ2v) is 7.46. The van der Waals surface area contributed by atoms with Gasteiger partial charge in [-0.05, 0) is 68.4 Å². The van der Waals surface area contributed by atoms with Gasteiger partial charge < -0.3 is 19.6 Å². The number of hydrogen-bond donors (Lipinski definition) is 1. The van der Waals surface area contributed by atoms with Gasteiger partial charge in [0.1, 0.15) is 11.3 Å². The van der Waals surface area contributed by atoms with Crippen LogP contribution in [0.5, 0.6) is 0 Å². The number of hydrogen-bond acceptors (Lipinski definition) is 3. The molecule has 1 aliphatic rings. The largest absolute Gasteiger partial charge is 0.461 e. The number of benzene rings is 2. The summed E-state index contributed by atoms with van der Waals surface area (Å²) in [6.45, 7) is 6.26. The zero-order valence-electron chi connectivity index (χ0n) is 15.5. The summed E-state index contributed by atoms with van der Waals surface area (Å²) in [4.78, 5) is 2.40. The molecule has 0 aliphatic carbocycles. The molecule has 0 fully saturated rings. The SMILES string of the molecule is Cc1oc2ccc3c(c4c(n3-c3ccc(N)cc3)CCN(C)C4)c2c1C. The van der Waals surface area contributed by atoms with Crippen LogP contribution in [-0.4, -0.2) is 23.1 Å². The number of nitrogens with zero attached hydrogens (tertiary/aromatic N) is 2. The van der Waals surface area contributed by atoms with E-state index in [1.54, 1.807) is 0 Å². The summed E-state index contributed by atoms with van der Waals surface area (Å²) in [5, 5.41) is 2.61. The van der Waals surface area contributed by atoms with E-state index in [0.29, 0.717) is 0 Å². The van der Waals surface area contributed by atoms with E-state index in [4.69, 9.17) is 10.2 Å². The highest BCUT2D eigenvalue weighted by Gasteiger charge is 2.26. The zero-order valence-corrected chi connectivity index (χ0v) is 15.5. The molecule has 0 radical (unpaired) electrons. The highest BCUT2D eigenvalue weighted by molar-refractivity contribution is 6.10. The van der Waals surface area contributed by atoms with Crippen LogP contribution in [0.3, 0.4) is 0 Å². The number of fused-ring (bicyclic) bond motifs is 5. The average molecular weight is 345 g/mol. The van der Waals surface area contributed by atoms with Gasteiger partial charge in [-0.25, -0.2) is 0 Å². The zero-order chi connectivity index (χ0) is 18.0. The van der Waals surface area contributed by atoms with Crippen molar-refractivity contribution in [3.63, 3.8) is 0 Å². The summed E-state index contributed by atoms with van der Waals surface area (Å²) >= 11 is 0. The van der Waals surface area contributed by atoms with Crippen LogP contribution < -0.4 is 5.73 Å². The first-order valence-corrected chi connectivity index (χ1v) is 9.14. The Kier molecular flexibility index (Phi) is 3.22. The third-order valence-corrected chi connectivity index (χ3v) is 5.78. The number of anilines is 1. The molecule has 0 spiro atoms. The fraction of sp³-hybridized carbons (Fsp3) is 0.273. The molecular weight excluding hydrogens is 322 g/mol. The van der Waals surface area contributed by atoms with E-state index in [1.807, 2.05) is 12.1 Å². The van der Waals surface area contributed by atoms with Crippen LogP contribution in [0, 0.1) is 13.8 Å². The molecule has 132 valence electrons. The molecule has 0 unspecified atom stereocenters. The monoisotopic (exact) mass is 345 g/mol. The van der Waals surface area contributed by atoms with E-state index < -0.39 is 0 Å². The van der Waals surface area contributed by atoms with Crippen molar-refractivity contribution in [2.24, 2.45) is 0 Å². The highest BCUT2D eigenvalue weighted by atomic mass is 16.3. The smallest absolute Gasteiger partial charge is 0.135 e. The maximum atomic E-state index is 6.02. The Morgan fingerprint density at radius 1 is 1.00 bits per heavy atom. The first kappa shape index (κ1) is 15.5. The maximum Gasteiger partial charge on any atom is 0.135 e. The standard InChI is InChI=1S/C22H23N3O/c1-13-14(2)26-20-9-8-19-22(21(13)20)17-12-24(3)11-10-18(17)25(19)16-6-4-15(23)5-7-16/h4-9H,10-12,23H2,1-3H3. The Hall–Kier alpha value is -2.72. The van der Waals surface area contributed by atoms with E-state index in [1.165, 1.54) is 38.8 Å².